The predicted octanol–water partition coefficient (Wildman–Crippen LogP) is 3.17. The third-order valence-corrected chi connectivity index (χ3v) is 5.48. The fraction of sp³-hybridized carbons (Fsp3) is 0.583. The zero-order valence-electron chi connectivity index (χ0n) is 8.96. The number of hydrogen-bond acceptors (Lipinski definition) is 2. The summed E-state index contributed by atoms with van der Waals surface area (Å²) in [5, 5.41) is 0.637. The highest BCUT2D eigenvalue weighted by atomic mass is 35.5. The maximum Gasteiger partial charge on any atom is 0.251 e. The van der Waals surface area contributed by atoms with Gasteiger partial charge in [0.2, 0.25) is 0 Å². The Hall–Kier alpha value is -0.410. The van der Waals surface area contributed by atoms with Crippen LogP contribution in [0.5, 0.6) is 0 Å². The molecule has 2 heterocycles. The molecule has 0 aromatic carbocycles. The van der Waals surface area contributed by atoms with E-state index in [1.807, 2.05) is 6.07 Å². The van der Waals surface area contributed by atoms with E-state index in [4.69, 9.17) is 11.6 Å². The van der Waals surface area contributed by atoms with E-state index in [0.29, 0.717) is 15.7 Å². The smallest absolute Gasteiger partial charge is 0.251 e. The molecule has 4 heteroatoms. The fourth-order valence-electron chi connectivity index (χ4n) is 2.56. The largest absolute Gasteiger partial charge is 0.327 e. The molecule has 3 rings (SSSR count). The van der Waals surface area contributed by atoms with E-state index in [2.05, 4.69) is 16.7 Å². The molecule has 1 saturated carbocycles. The van der Waals surface area contributed by atoms with E-state index in [1.54, 1.807) is 6.20 Å². The summed E-state index contributed by atoms with van der Waals surface area (Å²) in [4.78, 5) is 14.5. The van der Waals surface area contributed by atoms with Crippen LogP contribution in [0.15, 0.2) is 17.1 Å². The summed E-state index contributed by atoms with van der Waals surface area (Å²) in [6.45, 7) is 0. The van der Waals surface area contributed by atoms with Crippen molar-refractivity contribution in [3.8, 4) is 0 Å². The second-order valence-corrected chi connectivity index (χ2v) is 6.82. The minimum absolute atomic E-state index is 0.0390. The number of aromatic amines is 1. The Balaban J connectivity index is 1.91. The highest BCUT2D eigenvalue weighted by molar-refractivity contribution is 8.01. The van der Waals surface area contributed by atoms with Crippen LogP contribution in [0.2, 0.25) is 5.02 Å². The van der Waals surface area contributed by atoms with Gasteiger partial charge >= 0.3 is 0 Å². The molecule has 86 valence electrons. The molecule has 1 aromatic heterocycles. The van der Waals surface area contributed by atoms with Gasteiger partial charge in [-0.25, -0.2) is 0 Å². The normalized spacial score (nSPS) is 26.9. The molecule has 2 aliphatic rings. The van der Waals surface area contributed by atoms with Crippen LogP contribution in [0.25, 0.3) is 0 Å². The lowest BCUT2D eigenvalue weighted by Gasteiger charge is -2.28. The topological polar surface area (TPSA) is 32.9 Å². The van der Waals surface area contributed by atoms with Crippen molar-refractivity contribution >= 4 is 23.4 Å². The van der Waals surface area contributed by atoms with Gasteiger partial charge in [-0.3, -0.25) is 4.79 Å². The van der Waals surface area contributed by atoms with Gasteiger partial charge in [-0.15, -0.1) is 0 Å². The van der Waals surface area contributed by atoms with E-state index < -0.39 is 0 Å². The summed E-state index contributed by atoms with van der Waals surface area (Å²) >= 11 is 8.04. The SMILES string of the molecule is O=c1[nH]cc(Cl)cc1C1CCSC2(CC2)C1. The van der Waals surface area contributed by atoms with Crippen LogP contribution in [0.4, 0.5) is 0 Å². The minimum Gasteiger partial charge on any atom is -0.327 e. The van der Waals surface area contributed by atoms with Crippen LogP contribution in [0.3, 0.4) is 0 Å². The van der Waals surface area contributed by atoms with Gasteiger partial charge in [0.15, 0.2) is 0 Å². The lowest BCUT2D eigenvalue weighted by atomic mass is 9.91. The van der Waals surface area contributed by atoms with E-state index >= 15 is 0 Å². The van der Waals surface area contributed by atoms with Crippen molar-refractivity contribution in [2.24, 2.45) is 0 Å². The summed E-state index contributed by atoms with van der Waals surface area (Å²) in [6, 6.07) is 1.84. The average molecular weight is 256 g/mol. The van der Waals surface area contributed by atoms with Gasteiger partial charge < -0.3 is 4.98 Å². The van der Waals surface area contributed by atoms with Crippen LogP contribution in [-0.2, 0) is 0 Å². The highest BCUT2D eigenvalue weighted by Gasteiger charge is 2.47. The number of pyridine rings is 1. The average Bonchev–Trinajstić information content (AvgIpc) is 3.01. The monoisotopic (exact) mass is 255 g/mol. The van der Waals surface area contributed by atoms with Gasteiger partial charge in [0.1, 0.15) is 0 Å². The van der Waals surface area contributed by atoms with Crippen molar-refractivity contribution in [2.75, 3.05) is 5.75 Å². The molecule has 1 unspecified atom stereocenters. The van der Waals surface area contributed by atoms with Crippen molar-refractivity contribution in [3.05, 3.63) is 33.2 Å². The van der Waals surface area contributed by atoms with E-state index in [-0.39, 0.29) is 5.56 Å². The van der Waals surface area contributed by atoms with E-state index in [1.165, 1.54) is 18.6 Å². The molecule has 0 bridgehead atoms. The standard InChI is InChI=1S/C12H14ClNOS/c13-9-5-10(11(15)14-7-9)8-1-4-16-12(6-8)2-3-12/h5,7-8H,1-4,6H2,(H,14,15). The van der Waals surface area contributed by atoms with Gasteiger partial charge in [0.25, 0.3) is 5.56 Å². The maximum absolute atomic E-state index is 11.8. The zero-order chi connectivity index (χ0) is 11.2. The Morgan fingerprint density at radius 3 is 3.06 bits per heavy atom. The second-order valence-electron chi connectivity index (χ2n) is 4.82. The molecule has 1 N–H and O–H groups in total. The summed E-state index contributed by atoms with van der Waals surface area (Å²) in [5.74, 6) is 1.59. The van der Waals surface area contributed by atoms with Crippen LogP contribution in [-0.4, -0.2) is 15.5 Å². The first-order chi connectivity index (χ1) is 7.69. The van der Waals surface area contributed by atoms with Crippen LogP contribution < -0.4 is 5.56 Å². The molecule has 1 spiro atoms. The third kappa shape index (κ3) is 1.91. The fourth-order valence-corrected chi connectivity index (χ4v) is 4.28. The Morgan fingerprint density at radius 2 is 2.31 bits per heavy atom. The number of thioether (sulfide) groups is 1. The molecule has 1 saturated heterocycles. The van der Waals surface area contributed by atoms with Gasteiger partial charge in [-0.1, -0.05) is 11.6 Å². The van der Waals surface area contributed by atoms with Crippen LogP contribution >= 0.6 is 23.4 Å². The predicted molar refractivity (Wildman–Crippen MR) is 68.5 cm³/mol. The van der Waals surface area contributed by atoms with Crippen molar-refractivity contribution in [1.82, 2.24) is 4.98 Å². The molecule has 1 aromatic rings. The Bertz CT molecular complexity index is 466. The summed E-state index contributed by atoms with van der Waals surface area (Å²) in [5.41, 5.74) is 0.927. The minimum atomic E-state index is 0.0390. The number of hydrogen-bond donors (Lipinski definition) is 1. The van der Waals surface area contributed by atoms with Crippen LogP contribution in [0.1, 0.15) is 37.2 Å². The number of nitrogens with one attached hydrogen (secondary N) is 1. The van der Waals surface area contributed by atoms with Crippen molar-refractivity contribution in [2.45, 2.75) is 36.3 Å². The first kappa shape index (κ1) is 10.7. The van der Waals surface area contributed by atoms with Gasteiger partial charge in [-0.2, -0.15) is 11.8 Å². The summed E-state index contributed by atoms with van der Waals surface area (Å²) in [7, 11) is 0. The number of aromatic nitrogens is 1. The first-order valence-electron chi connectivity index (χ1n) is 5.71. The number of halogens is 1. The van der Waals surface area contributed by atoms with E-state index in [9.17, 15) is 4.79 Å². The summed E-state index contributed by atoms with van der Waals surface area (Å²) < 4.78 is 0.512. The molecule has 0 amide bonds. The lowest BCUT2D eigenvalue weighted by molar-refractivity contribution is 0.563. The number of rotatable bonds is 1. The zero-order valence-corrected chi connectivity index (χ0v) is 10.5. The molecule has 1 atom stereocenters. The Morgan fingerprint density at radius 1 is 1.50 bits per heavy atom. The second kappa shape index (κ2) is 3.81. The van der Waals surface area contributed by atoms with Crippen molar-refractivity contribution in [1.29, 1.82) is 0 Å². The first-order valence-corrected chi connectivity index (χ1v) is 7.07. The molecular formula is C12H14ClNOS. The van der Waals surface area contributed by atoms with Gasteiger partial charge in [-0.05, 0) is 43.4 Å². The molecule has 1 aliphatic carbocycles. The van der Waals surface area contributed by atoms with E-state index in [0.717, 1.165) is 18.4 Å². The van der Waals surface area contributed by atoms with Crippen molar-refractivity contribution < 1.29 is 0 Å². The molecule has 2 fully saturated rings. The molecule has 0 radical (unpaired) electrons. The lowest BCUT2D eigenvalue weighted by Crippen LogP contribution is -2.23. The maximum atomic E-state index is 11.8. The molecule has 2 nitrogen and oxygen atoms in total. The Labute approximate surface area is 104 Å². The molecule has 16 heavy (non-hydrogen) atoms. The molecule has 1 aliphatic heterocycles. The highest BCUT2D eigenvalue weighted by Crippen LogP contribution is 2.57. The third-order valence-electron chi connectivity index (χ3n) is 3.64. The Kier molecular flexibility index (Phi) is 2.55. The van der Waals surface area contributed by atoms with Crippen molar-refractivity contribution in [3.63, 3.8) is 0 Å². The molecular weight excluding hydrogens is 242 g/mol. The van der Waals surface area contributed by atoms with Crippen LogP contribution in [0, 0.1) is 0 Å². The summed E-state index contributed by atoms with van der Waals surface area (Å²) in [6.07, 6.45) is 6.48. The van der Waals surface area contributed by atoms with Gasteiger partial charge in [0.05, 0.1) is 5.02 Å². The van der Waals surface area contributed by atoms with Gasteiger partial charge in [0, 0.05) is 16.5 Å². The quantitative estimate of drug-likeness (QED) is 0.836. The number of H-pyrrole nitrogens is 1.